The van der Waals surface area contributed by atoms with Crippen LogP contribution >= 0.6 is 0 Å². The lowest BCUT2D eigenvalue weighted by Gasteiger charge is -2.37. The minimum Gasteiger partial charge on any atom is -0.480 e. The average molecular weight is 334 g/mol. The molecule has 1 fully saturated rings. The van der Waals surface area contributed by atoms with Gasteiger partial charge in [-0.3, -0.25) is 14.9 Å². The maximum Gasteiger partial charge on any atom is 0.329 e. The highest BCUT2D eigenvalue weighted by molar-refractivity contribution is 5.99. The Morgan fingerprint density at radius 2 is 2.00 bits per heavy atom. The number of hydrogen-bond donors (Lipinski definition) is 2. The van der Waals surface area contributed by atoms with E-state index in [0.717, 1.165) is 19.3 Å². The minimum atomic E-state index is -1.25. The van der Waals surface area contributed by atoms with Crippen LogP contribution < -0.4 is 5.32 Å². The highest BCUT2D eigenvalue weighted by Crippen LogP contribution is 2.34. The van der Waals surface area contributed by atoms with E-state index in [1.807, 2.05) is 0 Å². The normalized spacial score (nSPS) is 23.5. The van der Waals surface area contributed by atoms with Crippen LogP contribution in [-0.4, -0.2) is 27.4 Å². The molecule has 2 N–H and O–H groups in total. The number of carboxylic acids is 1. The summed E-state index contributed by atoms with van der Waals surface area (Å²) in [5.74, 6) is -1.03. The van der Waals surface area contributed by atoms with E-state index < -0.39 is 22.3 Å². The van der Waals surface area contributed by atoms with Gasteiger partial charge in [0.2, 0.25) is 0 Å². The SMILES string of the molecule is CCC1CCC(NC(=O)c2ccc([N+](=O)[O-])cc2C)(C(=O)O)CC1. The van der Waals surface area contributed by atoms with Crippen molar-refractivity contribution in [1.82, 2.24) is 5.32 Å². The monoisotopic (exact) mass is 334 g/mol. The molecule has 0 bridgehead atoms. The summed E-state index contributed by atoms with van der Waals surface area (Å²) in [5.41, 5.74) is -0.638. The van der Waals surface area contributed by atoms with Crippen LogP contribution in [0.15, 0.2) is 18.2 Å². The van der Waals surface area contributed by atoms with Crippen LogP contribution in [0.5, 0.6) is 0 Å². The van der Waals surface area contributed by atoms with E-state index in [1.165, 1.54) is 18.2 Å². The third-order valence-electron chi connectivity index (χ3n) is 4.96. The van der Waals surface area contributed by atoms with Gasteiger partial charge in [0.15, 0.2) is 0 Å². The molecule has 1 aromatic rings. The Labute approximate surface area is 140 Å². The third-order valence-corrected chi connectivity index (χ3v) is 4.96. The molecule has 0 heterocycles. The van der Waals surface area contributed by atoms with Crippen molar-refractivity contribution < 1.29 is 19.6 Å². The first kappa shape index (κ1) is 17.9. The Morgan fingerprint density at radius 1 is 1.38 bits per heavy atom. The number of carbonyl (C=O) groups is 2. The molecule has 1 aliphatic carbocycles. The third kappa shape index (κ3) is 3.55. The lowest BCUT2D eigenvalue weighted by atomic mass is 9.75. The Morgan fingerprint density at radius 3 is 2.46 bits per heavy atom. The van der Waals surface area contributed by atoms with Crippen molar-refractivity contribution in [2.75, 3.05) is 0 Å². The summed E-state index contributed by atoms with van der Waals surface area (Å²) >= 11 is 0. The van der Waals surface area contributed by atoms with Crippen LogP contribution in [-0.2, 0) is 4.79 Å². The number of nitrogens with one attached hydrogen (secondary N) is 1. The molecule has 7 nitrogen and oxygen atoms in total. The maximum atomic E-state index is 12.5. The standard InChI is InChI=1S/C17H22N2O5/c1-3-12-6-8-17(9-7-12,16(21)22)18-15(20)14-5-4-13(19(23)24)10-11(14)2/h4-5,10,12H,3,6-9H2,1-2H3,(H,18,20)(H,21,22). The van der Waals surface area contributed by atoms with Crippen molar-refractivity contribution in [2.45, 2.75) is 51.5 Å². The number of amides is 1. The van der Waals surface area contributed by atoms with Crippen LogP contribution in [0.1, 0.15) is 54.9 Å². The van der Waals surface area contributed by atoms with Gasteiger partial charge in [0.1, 0.15) is 5.54 Å². The van der Waals surface area contributed by atoms with Crippen LogP contribution in [0.4, 0.5) is 5.69 Å². The molecule has 0 saturated heterocycles. The largest absolute Gasteiger partial charge is 0.480 e. The van der Waals surface area contributed by atoms with Gasteiger partial charge in [-0.1, -0.05) is 13.3 Å². The second-order valence-corrected chi connectivity index (χ2v) is 6.45. The fraction of sp³-hybridized carbons (Fsp3) is 0.529. The van der Waals surface area contributed by atoms with Gasteiger partial charge in [-0.05, 0) is 50.2 Å². The van der Waals surface area contributed by atoms with Crippen molar-refractivity contribution in [3.63, 3.8) is 0 Å². The average Bonchev–Trinajstić information content (AvgIpc) is 2.55. The number of benzene rings is 1. The van der Waals surface area contributed by atoms with E-state index in [1.54, 1.807) is 6.92 Å². The summed E-state index contributed by atoms with van der Waals surface area (Å²) in [4.78, 5) is 34.5. The predicted octanol–water partition coefficient (Wildman–Crippen LogP) is 3.06. The molecule has 2 rings (SSSR count). The first-order chi connectivity index (χ1) is 11.3. The Bertz CT molecular complexity index is 663. The van der Waals surface area contributed by atoms with E-state index in [9.17, 15) is 24.8 Å². The number of non-ortho nitro benzene ring substituents is 1. The molecule has 1 saturated carbocycles. The second-order valence-electron chi connectivity index (χ2n) is 6.45. The summed E-state index contributed by atoms with van der Waals surface area (Å²) in [6.45, 7) is 3.68. The zero-order valence-corrected chi connectivity index (χ0v) is 13.9. The Hall–Kier alpha value is -2.44. The number of nitrogens with zero attached hydrogens (tertiary/aromatic N) is 1. The van der Waals surface area contributed by atoms with E-state index >= 15 is 0 Å². The number of carboxylic acid groups (broad SMARTS) is 1. The van der Waals surface area contributed by atoms with Gasteiger partial charge in [-0.25, -0.2) is 4.79 Å². The number of aliphatic carboxylic acids is 1. The molecule has 0 unspecified atom stereocenters. The lowest BCUT2D eigenvalue weighted by molar-refractivity contribution is -0.384. The summed E-state index contributed by atoms with van der Waals surface area (Å²) in [7, 11) is 0. The highest BCUT2D eigenvalue weighted by atomic mass is 16.6. The van der Waals surface area contributed by atoms with Crippen molar-refractivity contribution >= 4 is 17.6 Å². The van der Waals surface area contributed by atoms with Gasteiger partial charge in [0.05, 0.1) is 4.92 Å². The van der Waals surface area contributed by atoms with Crippen molar-refractivity contribution in [2.24, 2.45) is 5.92 Å². The quantitative estimate of drug-likeness (QED) is 0.635. The molecule has 24 heavy (non-hydrogen) atoms. The van der Waals surface area contributed by atoms with E-state index in [0.29, 0.717) is 24.3 Å². The van der Waals surface area contributed by atoms with Crippen molar-refractivity contribution in [3.8, 4) is 0 Å². The number of rotatable bonds is 5. The molecule has 130 valence electrons. The molecular formula is C17H22N2O5. The van der Waals surface area contributed by atoms with Crippen molar-refractivity contribution in [3.05, 3.63) is 39.4 Å². The fourth-order valence-electron chi connectivity index (χ4n) is 3.27. The molecule has 1 amide bonds. The van der Waals surface area contributed by atoms with E-state index in [2.05, 4.69) is 12.2 Å². The molecule has 1 aromatic carbocycles. The molecule has 0 atom stereocenters. The van der Waals surface area contributed by atoms with Gasteiger partial charge in [0, 0.05) is 17.7 Å². The van der Waals surface area contributed by atoms with Crippen LogP contribution in [0.25, 0.3) is 0 Å². The second kappa shape index (κ2) is 6.98. The van der Waals surface area contributed by atoms with E-state index in [4.69, 9.17) is 0 Å². The predicted molar refractivity (Wildman–Crippen MR) is 87.9 cm³/mol. The molecule has 0 radical (unpaired) electrons. The number of nitro benzene ring substituents is 1. The Kier molecular flexibility index (Phi) is 5.21. The van der Waals surface area contributed by atoms with Crippen LogP contribution in [0.2, 0.25) is 0 Å². The fourth-order valence-corrected chi connectivity index (χ4v) is 3.27. The van der Waals surface area contributed by atoms with Gasteiger partial charge in [-0.2, -0.15) is 0 Å². The van der Waals surface area contributed by atoms with Crippen LogP contribution in [0.3, 0.4) is 0 Å². The summed E-state index contributed by atoms with van der Waals surface area (Å²) in [6.07, 6.45) is 3.34. The Balaban J connectivity index is 2.20. The zero-order valence-electron chi connectivity index (χ0n) is 13.9. The van der Waals surface area contributed by atoms with Gasteiger partial charge in [0.25, 0.3) is 11.6 Å². The number of nitro groups is 1. The van der Waals surface area contributed by atoms with Gasteiger partial charge in [-0.15, -0.1) is 0 Å². The topological polar surface area (TPSA) is 110 Å². The molecule has 0 spiro atoms. The zero-order chi connectivity index (χ0) is 17.9. The smallest absolute Gasteiger partial charge is 0.329 e. The molecule has 7 heteroatoms. The number of carbonyl (C=O) groups excluding carboxylic acids is 1. The highest BCUT2D eigenvalue weighted by Gasteiger charge is 2.43. The number of aryl methyl sites for hydroxylation is 1. The summed E-state index contributed by atoms with van der Waals surface area (Å²) in [6, 6.07) is 3.94. The van der Waals surface area contributed by atoms with Gasteiger partial charge < -0.3 is 10.4 Å². The molecule has 0 aliphatic heterocycles. The first-order valence-corrected chi connectivity index (χ1v) is 8.10. The first-order valence-electron chi connectivity index (χ1n) is 8.10. The van der Waals surface area contributed by atoms with Gasteiger partial charge >= 0.3 is 5.97 Å². The summed E-state index contributed by atoms with van der Waals surface area (Å²) in [5, 5.41) is 23.1. The minimum absolute atomic E-state index is 0.0968. The number of hydrogen-bond acceptors (Lipinski definition) is 4. The summed E-state index contributed by atoms with van der Waals surface area (Å²) < 4.78 is 0. The molecular weight excluding hydrogens is 312 g/mol. The maximum absolute atomic E-state index is 12.5. The lowest BCUT2D eigenvalue weighted by Crippen LogP contribution is -2.56. The van der Waals surface area contributed by atoms with E-state index in [-0.39, 0.29) is 11.3 Å². The molecule has 1 aliphatic rings. The molecule has 0 aromatic heterocycles. The van der Waals surface area contributed by atoms with Crippen LogP contribution in [0, 0.1) is 23.0 Å². The van der Waals surface area contributed by atoms with Crippen molar-refractivity contribution in [1.29, 1.82) is 0 Å².